The van der Waals surface area contributed by atoms with Crippen LogP contribution in [0.2, 0.25) is 0 Å². The summed E-state index contributed by atoms with van der Waals surface area (Å²) in [6, 6.07) is 1.97. The lowest BCUT2D eigenvalue weighted by Crippen LogP contribution is -2.17. The maximum Gasteiger partial charge on any atom is 0.408 e. The molecule has 0 bridgehead atoms. The topological polar surface area (TPSA) is 103 Å². The third kappa shape index (κ3) is 3.09. The standard InChI is InChI=1S/C15H10F3N9S/c16-15(17,18)7-26-5-8(2-21-26)11-3-19-13-14(22-11)27(25-24-13)6-9-1-10-12(28-9)4-20-23-10/h1-5H,6-7H2,(H,20,23). The van der Waals surface area contributed by atoms with Crippen LogP contribution in [0.25, 0.3) is 32.8 Å². The van der Waals surface area contributed by atoms with E-state index in [2.05, 4.69) is 35.6 Å². The normalized spacial score (nSPS) is 12.4. The Bertz CT molecular complexity index is 1250. The highest BCUT2D eigenvalue weighted by molar-refractivity contribution is 7.19. The van der Waals surface area contributed by atoms with E-state index < -0.39 is 12.7 Å². The largest absolute Gasteiger partial charge is 0.408 e. The van der Waals surface area contributed by atoms with Crippen molar-refractivity contribution < 1.29 is 13.2 Å². The second kappa shape index (κ2) is 6.09. The molecule has 0 aliphatic heterocycles. The maximum absolute atomic E-state index is 12.5. The lowest BCUT2D eigenvalue weighted by molar-refractivity contribution is -0.142. The van der Waals surface area contributed by atoms with Gasteiger partial charge in [-0.15, -0.1) is 16.4 Å². The summed E-state index contributed by atoms with van der Waals surface area (Å²) in [5.41, 5.74) is 2.56. The molecule has 0 fully saturated rings. The molecule has 5 aromatic rings. The fourth-order valence-corrected chi connectivity index (χ4v) is 3.76. The van der Waals surface area contributed by atoms with E-state index in [1.54, 1.807) is 22.2 Å². The van der Waals surface area contributed by atoms with Crippen LogP contribution >= 0.6 is 11.3 Å². The Morgan fingerprint density at radius 2 is 2.07 bits per heavy atom. The molecule has 0 radical (unpaired) electrons. The Hall–Kier alpha value is -3.35. The van der Waals surface area contributed by atoms with Gasteiger partial charge in [-0.3, -0.25) is 9.78 Å². The molecule has 5 aromatic heterocycles. The zero-order valence-corrected chi connectivity index (χ0v) is 14.7. The molecular formula is C15H10F3N9S. The fourth-order valence-electron chi connectivity index (χ4n) is 2.79. The first-order chi connectivity index (χ1) is 13.4. The summed E-state index contributed by atoms with van der Waals surface area (Å²) in [5.74, 6) is 0. The second-order valence-electron chi connectivity index (χ2n) is 6.05. The molecule has 0 aromatic carbocycles. The highest BCUT2D eigenvalue weighted by atomic mass is 32.1. The number of rotatable bonds is 4. The van der Waals surface area contributed by atoms with Gasteiger partial charge in [0, 0.05) is 16.6 Å². The first-order valence-corrected chi connectivity index (χ1v) is 8.84. The van der Waals surface area contributed by atoms with Gasteiger partial charge in [0.05, 0.1) is 41.0 Å². The monoisotopic (exact) mass is 405 g/mol. The molecule has 0 spiro atoms. The minimum absolute atomic E-state index is 0.357. The molecule has 5 heterocycles. The molecule has 0 aliphatic rings. The van der Waals surface area contributed by atoms with E-state index >= 15 is 0 Å². The number of nitrogens with zero attached hydrogens (tertiary/aromatic N) is 8. The highest BCUT2D eigenvalue weighted by Gasteiger charge is 2.28. The minimum atomic E-state index is -4.35. The van der Waals surface area contributed by atoms with Crippen LogP contribution in [0.3, 0.4) is 0 Å². The number of H-pyrrole nitrogens is 1. The van der Waals surface area contributed by atoms with E-state index in [0.29, 0.717) is 29.1 Å². The Morgan fingerprint density at radius 1 is 1.18 bits per heavy atom. The van der Waals surface area contributed by atoms with Crippen molar-refractivity contribution in [3.05, 3.63) is 35.7 Å². The van der Waals surface area contributed by atoms with Crippen molar-refractivity contribution in [2.45, 2.75) is 19.3 Å². The summed E-state index contributed by atoms with van der Waals surface area (Å²) >= 11 is 1.57. The molecule has 13 heteroatoms. The summed E-state index contributed by atoms with van der Waals surface area (Å²) in [6.07, 6.45) is 1.45. The summed E-state index contributed by atoms with van der Waals surface area (Å²) < 4.78 is 41.0. The number of nitrogens with one attached hydrogen (secondary N) is 1. The van der Waals surface area contributed by atoms with Gasteiger partial charge in [0.1, 0.15) is 6.54 Å². The average molecular weight is 405 g/mol. The van der Waals surface area contributed by atoms with Crippen LogP contribution in [0.15, 0.2) is 30.9 Å². The molecule has 28 heavy (non-hydrogen) atoms. The zero-order valence-electron chi connectivity index (χ0n) is 13.9. The number of aromatic nitrogens is 9. The lowest BCUT2D eigenvalue weighted by Gasteiger charge is -2.05. The van der Waals surface area contributed by atoms with E-state index in [1.165, 1.54) is 18.6 Å². The van der Waals surface area contributed by atoms with E-state index in [0.717, 1.165) is 19.8 Å². The predicted molar refractivity (Wildman–Crippen MR) is 93.5 cm³/mol. The van der Waals surface area contributed by atoms with Crippen molar-refractivity contribution in [3.8, 4) is 11.3 Å². The lowest BCUT2D eigenvalue weighted by atomic mass is 10.3. The van der Waals surface area contributed by atoms with E-state index in [4.69, 9.17) is 0 Å². The van der Waals surface area contributed by atoms with Crippen LogP contribution in [0, 0.1) is 0 Å². The van der Waals surface area contributed by atoms with Crippen LogP contribution in [0.4, 0.5) is 13.2 Å². The third-order valence-corrected chi connectivity index (χ3v) is 5.04. The molecule has 1 N–H and O–H groups in total. The first-order valence-electron chi connectivity index (χ1n) is 8.02. The summed E-state index contributed by atoms with van der Waals surface area (Å²) in [7, 11) is 0. The van der Waals surface area contributed by atoms with E-state index in [-0.39, 0.29) is 0 Å². The van der Waals surface area contributed by atoms with Crippen LogP contribution in [-0.4, -0.2) is 51.1 Å². The van der Waals surface area contributed by atoms with Gasteiger partial charge in [0.25, 0.3) is 0 Å². The van der Waals surface area contributed by atoms with Gasteiger partial charge in [-0.2, -0.15) is 23.4 Å². The molecule has 0 aliphatic carbocycles. The van der Waals surface area contributed by atoms with Crippen LogP contribution in [0.1, 0.15) is 4.88 Å². The summed E-state index contributed by atoms with van der Waals surface area (Å²) in [5, 5.41) is 18.7. The number of aromatic amines is 1. The van der Waals surface area contributed by atoms with Gasteiger partial charge in [-0.25, -0.2) is 14.6 Å². The molecule has 0 amide bonds. The van der Waals surface area contributed by atoms with E-state index in [9.17, 15) is 13.2 Å². The summed E-state index contributed by atoms with van der Waals surface area (Å²) in [4.78, 5) is 9.71. The maximum atomic E-state index is 12.5. The molecule has 5 rings (SSSR count). The first kappa shape index (κ1) is 16.8. The van der Waals surface area contributed by atoms with Gasteiger partial charge in [0.2, 0.25) is 5.65 Å². The van der Waals surface area contributed by atoms with Crippen molar-refractivity contribution in [3.63, 3.8) is 0 Å². The minimum Gasteiger partial charge on any atom is -0.277 e. The molecule has 9 nitrogen and oxygen atoms in total. The Balaban J connectivity index is 1.47. The SMILES string of the molecule is FC(F)(F)Cn1cc(-c2cnc3nnn(Cc4cc5[nH]ncc5s4)c3n2)cn1. The molecule has 0 atom stereocenters. The predicted octanol–water partition coefficient (Wildman–Crippen LogP) is 2.63. The van der Waals surface area contributed by atoms with Crippen LogP contribution in [-0.2, 0) is 13.1 Å². The highest BCUT2D eigenvalue weighted by Crippen LogP contribution is 2.25. The number of alkyl halides is 3. The zero-order chi connectivity index (χ0) is 19.3. The second-order valence-corrected chi connectivity index (χ2v) is 7.22. The smallest absolute Gasteiger partial charge is 0.277 e. The number of hydrogen-bond acceptors (Lipinski definition) is 7. The third-order valence-electron chi connectivity index (χ3n) is 3.98. The van der Waals surface area contributed by atoms with Gasteiger partial charge < -0.3 is 0 Å². The summed E-state index contributed by atoms with van der Waals surface area (Å²) in [6.45, 7) is -0.725. The molecule has 0 unspecified atom stereocenters. The molecule has 0 saturated heterocycles. The number of halogens is 3. The van der Waals surface area contributed by atoms with Crippen molar-refractivity contribution in [2.24, 2.45) is 0 Å². The molecule has 0 saturated carbocycles. The van der Waals surface area contributed by atoms with Crippen molar-refractivity contribution in [2.75, 3.05) is 0 Å². The van der Waals surface area contributed by atoms with Gasteiger partial charge in [0.15, 0.2) is 5.65 Å². The Labute approximate surface area is 157 Å². The quantitative estimate of drug-likeness (QED) is 0.493. The number of thiophene rings is 1. The molecular weight excluding hydrogens is 395 g/mol. The van der Waals surface area contributed by atoms with Gasteiger partial charge in [-0.05, 0) is 6.07 Å². The van der Waals surface area contributed by atoms with Crippen LogP contribution < -0.4 is 0 Å². The van der Waals surface area contributed by atoms with Crippen LogP contribution in [0.5, 0.6) is 0 Å². The number of hydrogen-bond donors (Lipinski definition) is 1. The van der Waals surface area contributed by atoms with E-state index in [1.807, 2.05) is 6.07 Å². The fraction of sp³-hybridized carbons (Fsp3) is 0.200. The Kier molecular flexibility index (Phi) is 3.65. The van der Waals surface area contributed by atoms with Crippen molar-refractivity contribution >= 4 is 32.8 Å². The van der Waals surface area contributed by atoms with Crippen molar-refractivity contribution in [1.82, 2.24) is 44.9 Å². The average Bonchev–Trinajstić information content (AvgIpc) is 3.37. The van der Waals surface area contributed by atoms with Gasteiger partial charge in [-0.1, -0.05) is 5.21 Å². The van der Waals surface area contributed by atoms with Crippen molar-refractivity contribution in [1.29, 1.82) is 0 Å². The number of fused-ring (bicyclic) bond motifs is 2. The molecule has 142 valence electrons. The van der Waals surface area contributed by atoms with Gasteiger partial charge >= 0.3 is 6.18 Å². The Morgan fingerprint density at radius 3 is 2.89 bits per heavy atom.